The highest BCUT2D eigenvalue weighted by Crippen LogP contribution is 2.23. The summed E-state index contributed by atoms with van der Waals surface area (Å²) in [4.78, 5) is 11.8. The molecule has 0 amide bonds. The molecule has 0 aliphatic carbocycles. The predicted octanol–water partition coefficient (Wildman–Crippen LogP) is 1.32. The zero-order valence-electron chi connectivity index (χ0n) is 9.88. The molecule has 0 aliphatic heterocycles. The number of methoxy groups -OCH3 is 1. The number of hydrogen-bond acceptors (Lipinski definition) is 5. The smallest absolute Gasteiger partial charge is 0.332 e. The number of aromatic nitrogens is 2. The molecule has 0 saturated carbocycles. The van der Waals surface area contributed by atoms with Crippen LogP contribution in [0, 0.1) is 0 Å². The summed E-state index contributed by atoms with van der Waals surface area (Å²) >= 11 is 0. The highest BCUT2D eigenvalue weighted by molar-refractivity contribution is 5.82. The number of nitrogens with two attached hydrogens (primary N) is 1. The normalized spacial score (nSPS) is 11.8. The van der Waals surface area contributed by atoms with Gasteiger partial charge in [0, 0.05) is 0 Å². The van der Waals surface area contributed by atoms with Crippen molar-refractivity contribution in [3.8, 4) is 0 Å². The first-order valence-electron chi connectivity index (χ1n) is 5.40. The molecule has 0 radical (unpaired) electrons. The number of carbonyl (C=O) groups excluding carboxylic acids is 1. The monoisotopic (exact) mass is 246 g/mol. The number of H-pyrrole nitrogens is 1. The molecule has 0 saturated heterocycles. The highest BCUT2D eigenvalue weighted by Gasteiger charge is 2.22. The van der Waals surface area contributed by atoms with Crippen molar-refractivity contribution in [1.82, 2.24) is 10.2 Å². The van der Waals surface area contributed by atoms with E-state index in [4.69, 9.17) is 10.5 Å². The molecule has 1 aromatic carbocycles. The molecule has 94 valence electrons. The van der Waals surface area contributed by atoms with Gasteiger partial charge < -0.3 is 15.8 Å². The SMILES string of the molecule is COC(=O)C(Nc1cn[nH]c1N)c1ccccc1. The average Bonchev–Trinajstić information content (AvgIpc) is 2.81. The lowest BCUT2D eigenvalue weighted by Crippen LogP contribution is -2.22. The van der Waals surface area contributed by atoms with Gasteiger partial charge in [0.15, 0.2) is 6.04 Å². The van der Waals surface area contributed by atoms with E-state index in [1.165, 1.54) is 13.3 Å². The number of esters is 1. The molecule has 1 aromatic heterocycles. The van der Waals surface area contributed by atoms with Crippen LogP contribution in [0.25, 0.3) is 0 Å². The maximum Gasteiger partial charge on any atom is 0.332 e. The van der Waals surface area contributed by atoms with Gasteiger partial charge in [-0.2, -0.15) is 5.10 Å². The second-order valence-electron chi connectivity index (χ2n) is 3.71. The van der Waals surface area contributed by atoms with Crippen LogP contribution in [-0.2, 0) is 9.53 Å². The zero-order chi connectivity index (χ0) is 13.0. The van der Waals surface area contributed by atoms with Crippen LogP contribution in [0.5, 0.6) is 0 Å². The van der Waals surface area contributed by atoms with E-state index in [9.17, 15) is 4.79 Å². The molecule has 0 fully saturated rings. The van der Waals surface area contributed by atoms with Crippen molar-refractivity contribution >= 4 is 17.5 Å². The molecule has 6 nitrogen and oxygen atoms in total. The summed E-state index contributed by atoms with van der Waals surface area (Å²) in [7, 11) is 1.35. The summed E-state index contributed by atoms with van der Waals surface area (Å²) in [5.74, 6) is -0.0124. The number of nitrogens with zero attached hydrogens (tertiary/aromatic N) is 1. The standard InChI is InChI=1S/C12H14N4O2/c1-18-12(17)10(8-5-3-2-4-6-8)15-9-7-14-16-11(9)13/h2-7,10,15H,1H3,(H3,13,14,16). The second-order valence-corrected chi connectivity index (χ2v) is 3.71. The van der Waals surface area contributed by atoms with Crippen molar-refractivity contribution in [2.45, 2.75) is 6.04 Å². The van der Waals surface area contributed by atoms with E-state index in [-0.39, 0.29) is 5.97 Å². The Morgan fingerprint density at radius 2 is 2.17 bits per heavy atom. The fraction of sp³-hybridized carbons (Fsp3) is 0.167. The Balaban J connectivity index is 2.27. The van der Waals surface area contributed by atoms with Crippen molar-refractivity contribution in [3.63, 3.8) is 0 Å². The van der Waals surface area contributed by atoms with Gasteiger partial charge in [0.05, 0.1) is 19.0 Å². The number of carbonyl (C=O) groups is 1. The Kier molecular flexibility index (Phi) is 3.47. The molecule has 6 heteroatoms. The number of nitrogens with one attached hydrogen (secondary N) is 2. The highest BCUT2D eigenvalue weighted by atomic mass is 16.5. The van der Waals surface area contributed by atoms with E-state index in [1.54, 1.807) is 0 Å². The quantitative estimate of drug-likeness (QED) is 0.707. The fourth-order valence-corrected chi connectivity index (χ4v) is 1.61. The van der Waals surface area contributed by atoms with Crippen molar-refractivity contribution < 1.29 is 9.53 Å². The topological polar surface area (TPSA) is 93.0 Å². The predicted molar refractivity (Wildman–Crippen MR) is 67.8 cm³/mol. The van der Waals surface area contributed by atoms with E-state index in [2.05, 4.69) is 15.5 Å². The van der Waals surface area contributed by atoms with Crippen LogP contribution >= 0.6 is 0 Å². The Morgan fingerprint density at radius 1 is 1.44 bits per heavy atom. The number of anilines is 2. The molecule has 1 heterocycles. The molecule has 2 rings (SSSR count). The van der Waals surface area contributed by atoms with Crippen molar-refractivity contribution in [3.05, 3.63) is 42.1 Å². The molecule has 1 atom stereocenters. The number of nitrogen functional groups attached to an aromatic ring is 1. The molecular weight excluding hydrogens is 232 g/mol. The Hall–Kier alpha value is -2.50. The van der Waals surface area contributed by atoms with Gasteiger partial charge in [-0.25, -0.2) is 4.79 Å². The van der Waals surface area contributed by atoms with Gasteiger partial charge in [-0.1, -0.05) is 30.3 Å². The lowest BCUT2D eigenvalue weighted by Gasteiger charge is -2.17. The summed E-state index contributed by atoms with van der Waals surface area (Å²) in [6.45, 7) is 0. The van der Waals surface area contributed by atoms with Crippen LogP contribution in [0.15, 0.2) is 36.5 Å². The van der Waals surface area contributed by atoms with E-state index in [0.29, 0.717) is 11.5 Å². The van der Waals surface area contributed by atoms with Crippen LogP contribution in [0.1, 0.15) is 11.6 Å². The Morgan fingerprint density at radius 3 is 2.72 bits per heavy atom. The molecule has 18 heavy (non-hydrogen) atoms. The summed E-state index contributed by atoms with van der Waals surface area (Å²) in [5, 5.41) is 9.39. The summed E-state index contributed by atoms with van der Waals surface area (Å²) in [6.07, 6.45) is 1.52. The van der Waals surface area contributed by atoms with E-state index in [1.807, 2.05) is 30.3 Å². The van der Waals surface area contributed by atoms with Crippen molar-refractivity contribution in [1.29, 1.82) is 0 Å². The van der Waals surface area contributed by atoms with Crippen LogP contribution in [0.3, 0.4) is 0 Å². The number of aromatic amines is 1. The average molecular weight is 246 g/mol. The van der Waals surface area contributed by atoms with Crippen LogP contribution in [0.4, 0.5) is 11.5 Å². The van der Waals surface area contributed by atoms with E-state index < -0.39 is 6.04 Å². The lowest BCUT2D eigenvalue weighted by atomic mass is 10.1. The van der Waals surface area contributed by atoms with Gasteiger partial charge in [-0.05, 0) is 5.56 Å². The molecule has 1 unspecified atom stereocenters. The number of benzene rings is 1. The summed E-state index contributed by atoms with van der Waals surface area (Å²) < 4.78 is 4.78. The van der Waals surface area contributed by atoms with Gasteiger partial charge in [0.2, 0.25) is 0 Å². The van der Waals surface area contributed by atoms with Gasteiger partial charge in [-0.15, -0.1) is 0 Å². The van der Waals surface area contributed by atoms with Crippen LogP contribution in [0.2, 0.25) is 0 Å². The van der Waals surface area contributed by atoms with Gasteiger partial charge >= 0.3 is 5.97 Å². The maximum atomic E-state index is 11.8. The molecule has 0 bridgehead atoms. The van der Waals surface area contributed by atoms with E-state index in [0.717, 1.165) is 5.56 Å². The third-order valence-corrected chi connectivity index (χ3v) is 2.54. The Bertz CT molecular complexity index is 524. The summed E-state index contributed by atoms with van der Waals surface area (Å²) in [5.41, 5.74) is 7.04. The minimum atomic E-state index is -0.615. The first-order valence-corrected chi connectivity index (χ1v) is 5.40. The van der Waals surface area contributed by atoms with Crippen molar-refractivity contribution in [2.75, 3.05) is 18.2 Å². The van der Waals surface area contributed by atoms with Gasteiger partial charge in [0.1, 0.15) is 5.82 Å². The lowest BCUT2D eigenvalue weighted by molar-refractivity contribution is -0.141. The molecule has 2 aromatic rings. The minimum Gasteiger partial charge on any atom is -0.467 e. The third kappa shape index (κ3) is 2.42. The molecular formula is C12H14N4O2. The number of rotatable bonds is 4. The molecule has 0 spiro atoms. The van der Waals surface area contributed by atoms with Crippen molar-refractivity contribution in [2.24, 2.45) is 0 Å². The fourth-order valence-electron chi connectivity index (χ4n) is 1.61. The maximum absolute atomic E-state index is 11.8. The van der Waals surface area contributed by atoms with E-state index >= 15 is 0 Å². The van der Waals surface area contributed by atoms with Gasteiger partial charge in [-0.3, -0.25) is 5.10 Å². The first kappa shape index (κ1) is 12.0. The first-order chi connectivity index (χ1) is 8.72. The van der Waals surface area contributed by atoms with Gasteiger partial charge in [0.25, 0.3) is 0 Å². The molecule has 4 N–H and O–H groups in total. The largest absolute Gasteiger partial charge is 0.467 e. The Labute approximate surface area is 104 Å². The summed E-state index contributed by atoms with van der Waals surface area (Å²) in [6, 6.07) is 8.65. The zero-order valence-corrected chi connectivity index (χ0v) is 9.88. The number of hydrogen-bond donors (Lipinski definition) is 3. The third-order valence-electron chi connectivity index (χ3n) is 2.54. The van der Waals surface area contributed by atoms with Crippen LogP contribution in [-0.4, -0.2) is 23.3 Å². The minimum absolute atomic E-state index is 0.375. The van der Waals surface area contributed by atoms with Crippen LogP contribution < -0.4 is 11.1 Å². The molecule has 0 aliphatic rings. The second kappa shape index (κ2) is 5.22. The number of ether oxygens (including phenoxy) is 1.